The topological polar surface area (TPSA) is 61.8 Å². The molecule has 1 aliphatic rings. The van der Waals surface area contributed by atoms with Gasteiger partial charge in [0.2, 0.25) is 0 Å². The maximum absolute atomic E-state index is 11.4. The predicted octanol–water partition coefficient (Wildman–Crippen LogP) is 0.412. The van der Waals surface area contributed by atoms with Gasteiger partial charge in [-0.1, -0.05) is 12.1 Å². The van der Waals surface area contributed by atoms with Crippen molar-refractivity contribution in [3.63, 3.8) is 0 Å². The van der Waals surface area contributed by atoms with Gasteiger partial charge in [0.05, 0.1) is 25.3 Å². The molecule has 104 valence electrons. The van der Waals surface area contributed by atoms with Crippen LogP contribution < -0.4 is 5.32 Å². The number of rotatable bonds is 4. The molecule has 2 N–H and O–H groups in total. The molecule has 1 aliphatic heterocycles. The standard InChI is InChI=1S/C14H20N2O3/c1-19-14(18)12-4-2-11(3-5-12)13(10-17)16-8-6-15-7-9-16/h2-5,13,15,17H,6-10H2,1H3/t13-/m0/s1. The molecule has 1 aromatic rings. The lowest BCUT2D eigenvalue weighted by Crippen LogP contribution is -2.46. The molecule has 0 amide bonds. The number of carbonyl (C=O) groups is 1. The molecule has 1 saturated heterocycles. The zero-order valence-corrected chi connectivity index (χ0v) is 11.1. The van der Waals surface area contributed by atoms with E-state index in [-0.39, 0.29) is 18.6 Å². The Kier molecular flexibility index (Phi) is 4.90. The predicted molar refractivity (Wildman–Crippen MR) is 72.1 cm³/mol. The van der Waals surface area contributed by atoms with E-state index >= 15 is 0 Å². The smallest absolute Gasteiger partial charge is 0.337 e. The van der Waals surface area contributed by atoms with Crippen molar-refractivity contribution in [1.29, 1.82) is 0 Å². The molecule has 19 heavy (non-hydrogen) atoms. The maximum Gasteiger partial charge on any atom is 0.337 e. The number of aliphatic hydroxyl groups is 1. The van der Waals surface area contributed by atoms with Crippen LogP contribution in [-0.4, -0.2) is 55.9 Å². The lowest BCUT2D eigenvalue weighted by molar-refractivity contribution is 0.0600. The molecule has 1 heterocycles. The van der Waals surface area contributed by atoms with Gasteiger partial charge in [-0.05, 0) is 17.7 Å². The summed E-state index contributed by atoms with van der Waals surface area (Å²) in [5.41, 5.74) is 1.56. The molecule has 0 aromatic heterocycles. The third-order valence-electron chi connectivity index (χ3n) is 3.48. The fourth-order valence-corrected chi connectivity index (χ4v) is 2.38. The van der Waals surface area contributed by atoms with Crippen molar-refractivity contribution >= 4 is 5.97 Å². The van der Waals surface area contributed by atoms with Crippen LogP contribution >= 0.6 is 0 Å². The number of carbonyl (C=O) groups excluding carboxylic acids is 1. The Bertz CT molecular complexity index is 413. The first-order valence-corrected chi connectivity index (χ1v) is 6.50. The second kappa shape index (κ2) is 6.65. The summed E-state index contributed by atoms with van der Waals surface area (Å²) >= 11 is 0. The molecular formula is C14H20N2O3. The fourth-order valence-electron chi connectivity index (χ4n) is 2.38. The molecule has 1 atom stereocenters. The molecule has 5 nitrogen and oxygen atoms in total. The summed E-state index contributed by atoms with van der Waals surface area (Å²) in [5.74, 6) is -0.339. The number of benzene rings is 1. The maximum atomic E-state index is 11.4. The first-order chi connectivity index (χ1) is 9.26. The molecule has 0 unspecified atom stereocenters. The Morgan fingerprint density at radius 1 is 1.37 bits per heavy atom. The quantitative estimate of drug-likeness (QED) is 0.771. The van der Waals surface area contributed by atoms with Crippen molar-refractivity contribution in [3.05, 3.63) is 35.4 Å². The monoisotopic (exact) mass is 264 g/mol. The number of hydrogen-bond donors (Lipinski definition) is 2. The van der Waals surface area contributed by atoms with E-state index < -0.39 is 0 Å². The highest BCUT2D eigenvalue weighted by atomic mass is 16.5. The van der Waals surface area contributed by atoms with Gasteiger partial charge in [0.15, 0.2) is 0 Å². The summed E-state index contributed by atoms with van der Waals surface area (Å²) in [7, 11) is 1.37. The number of nitrogens with zero attached hydrogens (tertiary/aromatic N) is 1. The highest BCUT2D eigenvalue weighted by Crippen LogP contribution is 2.21. The second-order valence-electron chi connectivity index (χ2n) is 4.60. The van der Waals surface area contributed by atoms with Gasteiger partial charge >= 0.3 is 5.97 Å². The Labute approximate surface area is 113 Å². The Hall–Kier alpha value is -1.43. The van der Waals surface area contributed by atoms with E-state index in [1.807, 2.05) is 12.1 Å². The Balaban J connectivity index is 2.12. The van der Waals surface area contributed by atoms with Crippen LogP contribution in [0.3, 0.4) is 0 Å². The summed E-state index contributed by atoms with van der Waals surface area (Å²) in [6.07, 6.45) is 0. The average molecular weight is 264 g/mol. The summed E-state index contributed by atoms with van der Waals surface area (Å²) < 4.78 is 4.67. The molecule has 0 spiro atoms. The lowest BCUT2D eigenvalue weighted by Gasteiger charge is -2.34. The summed E-state index contributed by atoms with van der Waals surface area (Å²) in [5, 5.41) is 12.9. The molecular weight excluding hydrogens is 244 g/mol. The van der Waals surface area contributed by atoms with Crippen LogP contribution in [-0.2, 0) is 4.74 Å². The summed E-state index contributed by atoms with van der Waals surface area (Å²) in [6.45, 7) is 3.80. The number of aliphatic hydroxyl groups excluding tert-OH is 1. The molecule has 0 bridgehead atoms. The molecule has 1 fully saturated rings. The zero-order chi connectivity index (χ0) is 13.7. The van der Waals surface area contributed by atoms with Crippen molar-refractivity contribution in [3.8, 4) is 0 Å². The highest BCUT2D eigenvalue weighted by Gasteiger charge is 2.21. The first-order valence-electron chi connectivity index (χ1n) is 6.50. The van der Waals surface area contributed by atoms with Crippen LogP contribution in [0.2, 0.25) is 0 Å². The van der Waals surface area contributed by atoms with Gasteiger partial charge in [-0.2, -0.15) is 0 Å². The minimum absolute atomic E-state index is 0.00574. The van der Waals surface area contributed by atoms with E-state index in [9.17, 15) is 9.90 Å². The fraction of sp³-hybridized carbons (Fsp3) is 0.500. The van der Waals surface area contributed by atoms with Gasteiger partial charge in [-0.3, -0.25) is 4.90 Å². The van der Waals surface area contributed by atoms with E-state index in [4.69, 9.17) is 0 Å². The van der Waals surface area contributed by atoms with Crippen molar-refractivity contribution in [1.82, 2.24) is 10.2 Å². The van der Waals surface area contributed by atoms with Crippen LogP contribution in [0.15, 0.2) is 24.3 Å². The van der Waals surface area contributed by atoms with E-state index in [1.54, 1.807) is 12.1 Å². The minimum atomic E-state index is -0.339. The average Bonchev–Trinajstić information content (AvgIpc) is 2.49. The zero-order valence-electron chi connectivity index (χ0n) is 11.1. The normalized spacial score (nSPS) is 18.0. The van der Waals surface area contributed by atoms with Crippen molar-refractivity contribution < 1.29 is 14.6 Å². The van der Waals surface area contributed by atoms with Gasteiger partial charge in [-0.25, -0.2) is 4.79 Å². The number of esters is 1. The van der Waals surface area contributed by atoms with Crippen LogP contribution in [0.5, 0.6) is 0 Å². The third kappa shape index (κ3) is 3.32. The van der Waals surface area contributed by atoms with Crippen LogP contribution in [0.1, 0.15) is 22.0 Å². The van der Waals surface area contributed by atoms with Crippen LogP contribution in [0.4, 0.5) is 0 Å². The highest BCUT2D eigenvalue weighted by molar-refractivity contribution is 5.89. The second-order valence-corrected chi connectivity index (χ2v) is 4.60. The van der Waals surface area contributed by atoms with Gasteiger partial charge in [-0.15, -0.1) is 0 Å². The van der Waals surface area contributed by atoms with Crippen LogP contribution in [0.25, 0.3) is 0 Å². The van der Waals surface area contributed by atoms with E-state index in [0.29, 0.717) is 5.56 Å². The summed E-state index contributed by atoms with van der Waals surface area (Å²) in [4.78, 5) is 13.6. The van der Waals surface area contributed by atoms with Crippen molar-refractivity contribution in [2.24, 2.45) is 0 Å². The lowest BCUT2D eigenvalue weighted by atomic mass is 10.0. The molecule has 0 radical (unpaired) electrons. The van der Waals surface area contributed by atoms with Gasteiger partial charge in [0.25, 0.3) is 0 Å². The molecule has 0 aliphatic carbocycles. The Morgan fingerprint density at radius 2 is 2.00 bits per heavy atom. The SMILES string of the molecule is COC(=O)c1ccc([C@H](CO)N2CCNCC2)cc1. The molecule has 5 heteroatoms. The Morgan fingerprint density at radius 3 is 2.53 bits per heavy atom. The van der Waals surface area contributed by atoms with Gasteiger partial charge < -0.3 is 15.2 Å². The largest absolute Gasteiger partial charge is 0.465 e. The first kappa shape index (κ1) is 14.0. The van der Waals surface area contributed by atoms with Gasteiger partial charge in [0, 0.05) is 26.2 Å². The molecule has 1 aromatic carbocycles. The third-order valence-corrected chi connectivity index (χ3v) is 3.48. The van der Waals surface area contributed by atoms with E-state index in [2.05, 4.69) is 15.0 Å². The van der Waals surface area contributed by atoms with Crippen molar-refractivity contribution in [2.45, 2.75) is 6.04 Å². The number of ether oxygens (including phenoxy) is 1. The van der Waals surface area contributed by atoms with Gasteiger partial charge in [0.1, 0.15) is 0 Å². The van der Waals surface area contributed by atoms with E-state index in [0.717, 1.165) is 31.7 Å². The van der Waals surface area contributed by atoms with Crippen LogP contribution in [0, 0.1) is 0 Å². The molecule has 2 rings (SSSR count). The molecule has 0 saturated carbocycles. The number of hydrogen-bond acceptors (Lipinski definition) is 5. The number of methoxy groups -OCH3 is 1. The van der Waals surface area contributed by atoms with E-state index in [1.165, 1.54) is 7.11 Å². The summed E-state index contributed by atoms with van der Waals surface area (Å²) in [6, 6.07) is 7.25. The minimum Gasteiger partial charge on any atom is -0.465 e. The number of piperazine rings is 1. The number of nitrogens with one attached hydrogen (secondary N) is 1. The van der Waals surface area contributed by atoms with Crippen molar-refractivity contribution in [2.75, 3.05) is 39.9 Å².